The lowest BCUT2D eigenvalue weighted by atomic mass is 9.95. The number of carbonyl (C=O) groups is 2. The van der Waals surface area contributed by atoms with E-state index < -0.39 is 87.7 Å². The fourth-order valence-corrected chi connectivity index (χ4v) is 9.82. The Kier molecular flexibility index (Phi) is 18.7. The van der Waals surface area contributed by atoms with Crippen LogP contribution in [-0.4, -0.2) is 108 Å². The molecule has 9 rings (SSSR count). The van der Waals surface area contributed by atoms with Gasteiger partial charge in [-0.1, -0.05) is 159 Å². The van der Waals surface area contributed by atoms with Crippen molar-refractivity contribution in [1.82, 2.24) is 0 Å². The summed E-state index contributed by atoms with van der Waals surface area (Å²) >= 11 is 0. The van der Waals surface area contributed by atoms with Crippen LogP contribution < -0.4 is 4.74 Å². The number of methoxy groups -OCH3 is 1. The molecule has 0 unspecified atom stereocenters. The summed E-state index contributed by atoms with van der Waals surface area (Å²) in [4.78, 5) is 28.8. The van der Waals surface area contributed by atoms with Gasteiger partial charge in [-0.15, -0.1) is 0 Å². The van der Waals surface area contributed by atoms with Crippen LogP contribution in [-0.2, 0) is 71.9 Å². The SMILES string of the molecule is COc1ccc(CO[C@@H]2[C@@H](OC(=O)c3ccccc3)[C@H](OCC[Si](C)(C)C)O[C@H](COCc3ccccc3)[C@H]2O[C@@H]2O[C@@H]3CO[C@@H](c4ccccc4)O[C@H]3[C@H](OCc3ccccc3)[C@@H]2OC(=O)c2ccccc2)cc1. The van der Waals surface area contributed by atoms with E-state index in [1.54, 1.807) is 55.6 Å². The molecule has 3 aliphatic rings. The Hall–Kier alpha value is -6.08. The molecule has 3 heterocycles. The highest BCUT2D eigenvalue weighted by atomic mass is 28.3. The number of fused-ring (bicyclic) bond motifs is 1. The van der Waals surface area contributed by atoms with Gasteiger partial charge >= 0.3 is 11.9 Å². The zero-order valence-corrected chi connectivity index (χ0v) is 43.8. The fourth-order valence-electron chi connectivity index (χ4n) is 9.09. The first-order chi connectivity index (χ1) is 36.6. The maximum atomic E-state index is 14.4. The smallest absolute Gasteiger partial charge is 0.338 e. The van der Waals surface area contributed by atoms with Gasteiger partial charge in [0.2, 0.25) is 0 Å². The van der Waals surface area contributed by atoms with Crippen molar-refractivity contribution in [1.29, 1.82) is 0 Å². The molecule has 0 spiro atoms. The van der Waals surface area contributed by atoms with Crippen molar-refractivity contribution >= 4 is 20.0 Å². The molecular formula is C60H66O14Si. The molecular weight excluding hydrogens is 973 g/mol. The van der Waals surface area contributed by atoms with Gasteiger partial charge in [-0.05, 0) is 59.1 Å². The number of benzene rings is 6. The van der Waals surface area contributed by atoms with Gasteiger partial charge in [-0.2, -0.15) is 0 Å². The molecule has 0 bridgehead atoms. The molecule has 3 aliphatic heterocycles. The third-order valence-electron chi connectivity index (χ3n) is 13.2. The van der Waals surface area contributed by atoms with Crippen LogP contribution in [0.5, 0.6) is 5.75 Å². The Morgan fingerprint density at radius 1 is 0.533 bits per heavy atom. The minimum absolute atomic E-state index is 0.0264. The summed E-state index contributed by atoms with van der Waals surface area (Å²) < 4.78 is 80.0. The van der Waals surface area contributed by atoms with E-state index in [2.05, 4.69) is 19.6 Å². The summed E-state index contributed by atoms with van der Waals surface area (Å²) in [6.45, 7) is 7.55. The second kappa shape index (κ2) is 26.1. The molecule has 0 N–H and O–H groups in total. The Morgan fingerprint density at radius 2 is 1.05 bits per heavy atom. The Bertz CT molecular complexity index is 2660. The topological polar surface area (TPSA) is 145 Å². The van der Waals surface area contributed by atoms with E-state index in [0.717, 1.165) is 28.3 Å². The Balaban J connectivity index is 1.13. The summed E-state index contributed by atoms with van der Waals surface area (Å²) in [6, 6.07) is 54.7. The van der Waals surface area contributed by atoms with Crippen molar-refractivity contribution < 1.29 is 66.4 Å². The molecule has 0 saturated carbocycles. The highest BCUT2D eigenvalue weighted by Gasteiger charge is 2.57. The standard InChI is InChI=1S/C60H66O14Si/c1-63-47-32-30-43(31-33-47)38-67-52-50(48(39-64-36-41-20-10-5-11-21-41)69-59(65-34-35-75(2,3)4)54(52)71-56(61)44-24-14-7-15-25-44)74-60-55(72-57(62)45-26-16-8-17-27-45)53(66-37-42-22-12-6-13-23-42)51-49(70-60)40-68-58(73-51)46-28-18-9-19-29-46/h5-33,48-55,58-60H,34-40H2,1-4H3/t48-,49-,50-,51-,52+,53+,54-,55+,58-,59-,60+/m1/s1. The van der Waals surface area contributed by atoms with E-state index in [0.29, 0.717) is 23.5 Å². The Morgan fingerprint density at radius 3 is 1.63 bits per heavy atom. The predicted molar refractivity (Wildman–Crippen MR) is 280 cm³/mol. The summed E-state index contributed by atoms with van der Waals surface area (Å²) in [7, 11) is -0.0348. The van der Waals surface area contributed by atoms with Gasteiger partial charge in [0.1, 0.15) is 42.4 Å². The average Bonchev–Trinajstić information content (AvgIpc) is 3.44. The first-order valence-corrected chi connectivity index (χ1v) is 29.2. The lowest BCUT2D eigenvalue weighted by Gasteiger charge is -2.51. The second-order valence-electron chi connectivity index (χ2n) is 19.9. The highest BCUT2D eigenvalue weighted by molar-refractivity contribution is 6.76. The quantitative estimate of drug-likeness (QED) is 0.0470. The van der Waals surface area contributed by atoms with Gasteiger partial charge in [0, 0.05) is 20.2 Å². The molecule has 6 aromatic carbocycles. The second-order valence-corrected chi connectivity index (χ2v) is 25.5. The average molecular weight is 1040 g/mol. The lowest BCUT2D eigenvalue weighted by Crippen LogP contribution is -2.67. The third kappa shape index (κ3) is 14.7. The molecule has 15 heteroatoms. The number of hydrogen-bond acceptors (Lipinski definition) is 14. The van der Waals surface area contributed by atoms with Crippen molar-refractivity contribution in [2.24, 2.45) is 0 Å². The van der Waals surface area contributed by atoms with E-state index in [4.69, 9.17) is 56.8 Å². The van der Waals surface area contributed by atoms with Crippen molar-refractivity contribution in [2.75, 3.05) is 26.9 Å². The van der Waals surface area contributed by atoms with Crippen LogP contribution in [0.3, 0.4) is 0 Å². The van der Waals surface area contributed by atoms with Crippen molar-refractivity contribution in [3.63, 3.8) is 0 Å². The maximum Gasteiger partial charge on any atom is 0.338 e. The van der Waals surface area contributed by atoms with Crippen LogP contribution >= 0.6 is 0 Å². The van der Waals surface area contributed by atoms with Gasteiger partial charge in [0.25, 0.3) is 0 Å². The van der Waals surface area contributed by atoms with Gasteiger partial charge in [0.05, 0.1) is 51.3 Å². The predicted octanol–water partition coefficient (Wildman–Crippen LogP) is 10.1. The van der Waals surface area contributed by atoms with Gasteiger partial charge in [-0.3, -0.25) is 0 Å². The molecule has 11 atom stereocenters. The van der Waals surface area contributed by atoms with E-state index in [1.807, 2.05) is 127 Å². The van der Waals surface area contributed by atoms with Crippen LogP contribution in [0.1, 0.15) is 49.3 Å². The minimum atomic E-state index is -1.64. The van der Waals surface area contributed by atoms with E-state index in [1.165, 1.54) is 0 Å². The number of esters is 2. The zero-order chi connectivity index (χ0) is 52.0. The molecule has 0 radical (unpaired) electrons. The van der Waals surface area contributed by atoms with E-state index >= 15 is 0 Å². The normalized spacial score (nSPS) is 25.6. The molecule has 0 aliphatic carbocycles. The van der Waals surface area contributed by atoms with Crippen LogP contribution in [0.2, 0.25) is 25.7 Å². The number of hydrogen-bond donors (Lipinski definition) is 0. The van der Waals surface area contributed by atoms with Crippen LogP contribution in [0.15, 0.2) is 176 Å². The third-order valence-corrected chi connectivity index (χ3v) is 14.9. The van der Waals surface area contributed by atoms with E-state index in [9.17, 15) is 9.59 Å². The van der Waals surface area contributed by atoms with Crippen LogP contribution in [0.25, 0.3) is 0 Å². The molecule has 14 nitrogen and oxygen atoms in total. The van der Waals surface area contributed by atoms with Gasteiger partial charge < -0.3 is 56.8 Å². The monoisotopic (exact) mass is 1040 g/mol. The molecule has 0 amide bonds. The summed E-state index contributed by atoms with van der Waals surface area (Å²) in [6.07, 6.45) is -11.6. The molecule has 394 valence electrons. The molecule has 6 aromatic rings. The first kappa shape index (κ1) is 53.7. The van der Waals surface area contributed by atoms with Crippen molar-refractivity contribution in [3.05, 3.63) is 209 Å². The van der Waals surface area contributed by atoms with Crippen molar-refractivity contribution in [3.8, 4) is 5.75 Å². The van der Waals surface area contributed by atoms with Gasteiger partial charge in [0.15, 0.2) is 31.1 Å². The largest absolute Gasteiger partial charge is 0.497 e. The number of rotatable bonds is 22. The van der Waals surface area contributed by atoms with E-state index in [-0.39, 0.29) is 33.0 Å². The molecule has 75 heavy (non-hydrogen) atoms. The molecule has 0 aromatic heterocycles. The minimum Gasteiger partial charge on any atom is -0.497 e. The Labute approximate surface area is 440 Å². The number of ether oxygens (including phenoxy) is 12. The highest BCUT2D eigenvalue weighted by Crippen LogP contribution is 2.40. The fraction of sp³-hybridized carbons (Fsp3) is 0.367. The van der Waals surface area contributed by atoms with Crippen LogP contribution in [0.4, 0.5) is 0 Å². The summed E-state index contributed by atoms with van der Waals surface area (Å²) in [5.41, 5.74) is 4.03. The maximum absolute atomic E-state index is 14.4. The summed E-state index contributed by atoms with van der Waals surface area (Å²) in [5, 5.41) is 0. The van der Waals surface area contributed by atoms with Gasteiger partial charge in [-0.25, -0.2) is 9.59 Å². The van der Waals surface area contributed by atoms with Crippen molar-refractivity contribution in [2.45, 2.75) is 113 Å². The zero-order valence-electron chi connectivity index (χ0n) is 42.8. The van der Waals surface area contributed by atoms with Crippen LogP contribution in [0, 0.1) is 0 Å². The molecule has 3 fully saturated rings. The lowest BCUT2D eigenvalue weighted by molar-refractivity contribution is -0.390. The number of carbonyl (C=O) groups excluding carboxylic acids is 2. The molecule has 3 saturated heterocycles. The summed E-state index contributed by atoms with van der Waals surface area (Å²) in [5.74, 6) is -0.591. The first-order valence-electron chi connectivity index (χ1n) is 25.5.